The monoisotopic (exact) mass is 284 g/mol. The van der Waals surface area contributed by atoms with Gasteiger partial charge < -0.3 is 15.2 Å². The van der Waals surface area contributed by atoms with Crippen LogP contribution in [0.5, 0.6) is 0 Å². The summed E-state index contributed by atoms with van der Waals surface area (Å²) in [6.45, 7) is 0. The second-order valence-electron chi connectivity index (χ2n) is 3.10. The zero-order valence-electron chi connectivity index (χ0n) is 9.58. The Hall–Kier alpha value is -3.44. The number of aromatic carboxylic acids is 1. The van der Waals surface area contributed by atoms with Crippen LogP contribution in [0, 0.1) is 0 Å². The van der Waals surface area contributed by atoms with Gasteiger partial charge in [0.15, 0.2) is 5.82 Å². The van der Waals surface area contributed by atoms with Crippen molar-refractivity contribution in [1.29, 1.82) is 0 Å². The average molecular weight is 284 g/mol. The van der Waals surface area contributed by atoms with E-state index in [1.807, 2.05) is 15.3 Å². The molecule has 20 heavy (non-hydrogen) atoms. The maximum absolute atomic E-state index is 10.5. The van der Waals surface area contributed by atoms with Gasteiger partial charge in [-0.3, -0.25) is 20.2 Å². The van der Waals surface area contributed by atoms with Gasteiger partial charge in [-0.05, 0) is 0 Å². The first-order chi connectivity index (χ1) is 9.38. The number of hydrogen-bond donors (Lipinski definition) is 6. The van der Waals surface area contributed by atoms with Gasteiger partial charge in [-0.2, -0.15) is 0 Å². The van der Waals surface area contributed by atoms with Crippen molar-refractivity contribution in [3.63, 3.8) is 0 Å². The molecule has 0 bridgehead atoms. The minimum atomic E-state index is -1.34. The molecule has 2 heterocycles. The number of H-pyrrole nitrogens is 3. The highest BCUT2D eigenvalue weighted by Crippen LogP contribution is 1.93. The van der Waals surface area contributed by atoms with Crippen LogP contribution >= 0.6 is 0 Å². The van der Waals surface area contributed by atoms with E-state index < -0.39 is 29.0 Å². The lowest BCUT2D eigenvalue weighted by atomic mass is 10.4. The number of carboxylic acids is 1. The van der Waals surface area contributed by atoms with E-state index in [2.05, 4.69) is 15.4 Å². The van der Waals surface area contributed by atoms with E-state index in [0.29, 0.717) is 0 Å². The molecule has 0 unspecified atom stereocenters. The molecule has 0 aliphatic carbocycles. The second kappa shape index (κ2) is 6.48. The van der Waals surface area contributed by atoms with Crippen LogP contribution in [-0.4, -0.2) is 47.7 Å². The molecule has 0 radical (unpaired) electrons. The number of hydrogen-bond acceptors (Lipinski definition) is 6. The average Bonchev–Trinajstić information content (AvgIpc) is 2.80. The molecular weight excluding hydrogens is 276 g/mol. The summed E-state index contributed by atoms with van der Waals surface area (Å²) in [5, 5.41) is 27.4. The number of nitrogens with one attached hydrogen (secondary N) is 4. The molecule has 12 heteroatoms. The molecular formula is C8H8N6O6. The third kappa shape index (κ3) is 4.82. The summed E-state index contributed by atoms with van der Waals surface area (Å²) < 4.78 is 0. The van der Waals surface area contributed by atoms with Gasteiger partial charge in [-0.15, -0.1) is 5.10 Å². The van der Waals surface area contributed by atoms with Gasteiger partial charge in [0.2, 0.25) is 0 Å². The normalized spacial score (nSPS) is 9.20. The maximum Gasteiger partial charge on any atom is 0.410 e. The van der Waals surface area contributed by atoms with Crippen LogP contribution in [0.2, 0.25) is 0 Å². The van der Waals surface area contributed by atoms with Crippen LogP contribution in [-0.2, 0) is 0 Å². The van der Waals surface area contributed by atoms with E-state index in [1.165, 1.54) is 6.20 Å². The highest BCUT2D eigenvalue weighted by atomic mass is 16.4. The van der Waals surface area contributed by atoms with E-state index in [-0.39, 0.29) is 5.82 Å². The van der Waals surface area contributed by atoms with Crippen LogP contribution < -0.4 is 16.6 Å². The Balaban J connectivity index is 0.000000204. The van der Waals surface area contributed by atoms with Gasteiger partial charge >= 0.3 is 17.8 Å². The Morgan fingerprint density at radius 2 is 1.90 bits per heavy atom. The van der Waals surface area contributed by atoms with Gasteiger partial charge in [-0.25, -0.2) is 14.4 Å². The Bertz CT molecular complexity index is 672. The van der Waals surface area contributed by atoms with Crippen molar-refractivity contribution >= 4 is 17.9 Å². The Morgan fingerprint density at radius 3 is 2.35 bits per heavy atom. The van der Waals surface area contributed by atoms with Crippen molar-refractivity contribution in [2.75, 3.05) is 5.32 Å². The zero-order chi connectivity index (χ0) is 15.1. The van der Waals surface area contributed by atoms with E-state index >= 15 is 0 Å². The van der Waals surface area contributed by atoms with E-state index in [1.54, 1.807) is 0 Å². The molecule has 2 rings (SSSR count). The van der Waals surface area contributed by atoms with Crippen LogP contribution in [0.4, 0.5) is 10.6 Å². The molecule has 106 valence electrons. The van der Waals surface area contributed by atoms with Crippen molar-refractivity contribution in [3.8, 4) is 0 Å². The quantitative estimate of drug-likeness (QED) is 0.389. The summed E-state index contributed by atoms with van der Waals surface area (Å²) in [6.07, 6.45) is 0.192. The summed E-state index contributed by atoms with van der Waals surface area (Å²) in [5.74, 6) is -1.14. The number of aromatic amines is 3. The number of amides is 1. The molecule has 0 saturated carbocycles. The van der Waals surface area contributed by atoms with Crippen molar-refractivity contribution in [2.45, 2.75) is 0 Å². The minimum Gasteiger partial charge on any atom is -0.477 e. The van der Waals surface area contributed by atoms with Crippen molar-refractivity contribution in [3.05, 3.63) is 38.8 Å². The molecule has 2 aromatic rings. The van der Waals surface area contributed by atoms with E-state index in [0.717, 1.165) is 6.07 Å². The van der Waals surface area contributed by atoms with Crippen LogP contribution in [0.15, 0.2) is 21.9 Å². The lowest BCUT2D eigenvalue weighted by Gasteiger charge is -1.89. The highest BCUT2D eigenvalue weighted by molar-refractivity contribution is 5.84. The summed E-state index contributed by atoms with van der Waals surface area (Å²) >= 11 is 0. The molecule has 6 N–H and O–H groups in total. The molecule has 0 aliphatic rings. The van der Waals surface area contributed by atoms with Gasteiger partial charge in [0.25, 0.3) is 5.56 Å². The smallest absolute Gasteiger partial charge is 0.410 e. The fraction of sp³-hybridized carbons (Fsp3) is 0. The largest absolute Gasteiger partial charge is 0.477 e. The number of rotatable bonds is 2. The number of nitrogens with zero attached hydrogens (tertiary/aromatic N) is 2. The molecule has 0 atom stereocenters. The minimum absolute atomic E-state index is 0.197. The second-order valence-corrected chi connectivity index (χ2v) is 3.10. The maximum atomic E-state index is 10.5. The Labute approximate surface area is 108 Å². The topological polar surface area (TPSA) is 194 Å². The fourth-order valence-electron chi connectivity index (χ4n) is 0.956. The lowest BCUT2D eigenvalue weighted by molar-refractivity contribution is 0.0689. The number of carboxylic acid groups (broad SMARTS) is 2. The third-order valence-electron chi connectivity index (χ3n) is 1.64. The molecule has 0 saturated heterocycles. The standard InChI is InChI=1S/C5H4N2O4.C3H4N4O2/c8-3-1-2(4(9)10)6-5(11)7-3;8-3(9)5-2-1-4-7-6-2/h1H,(H,9,10)(H2,6,7,8,11);1H,(H,8,9)(H2,4,5,6,7). The molecule has 0 spiro atoms. The predicted octanol–water partition coefficient (Wildman–Crippen LogP) is -1.34. The summed E-state index contributed by atoms with van der Waals surface area (Å²) in [5.41, 5.74) is -1.97. The van der Waals surface area contributed by atoms with Crippen molar-refractivity contribution in [2.24, 2.45) is 0 Å². The van der Waals surface area contributed by atoms with Crippen molar-refractivity contribution < 1.29 is 19.8 Å². The molecule has 0 aromatic carbocycles. The molecule has 1 amide bonds. The summed E-state index contributed by atoms with van der Waals surface area (Å²) in [7, 11) is 0. The molecule has 0 fully saturated rings. The summed E-state index contributed by atoms with van der Waals surface area (Å²) in [6, 6.07) is 0.795. The first-order valence-corrected chi connectivity index (χ1v) is 4.82. The van der Waals surface area contributed by atoms with E-state index in [4.69, 9.17) is 10.2 Å². The van der Waals surface area contributed by atoms with E-state index in [9.17, 15) is 19.2 Å². The Kier molecular flexibility index (Phi) is 4.74. The number of anilines is 1. The number of carbonyl (C=O) groups is 2. The third-order valence-corrected chi connectivity index (χ3v) is 1.64. The van der Waals surface area contributed by atoms with Crippen molar-refractivity contribution in [1.82, 2.24) is 25.4 Å². The SMILES string of the molecule is O=C(O)Nc1c[nH]nn1.O=C(O)c1cc(=O)[nH]c(=O)[nH]1. The van der Waals surface area contributed by atoms with Crippen LogP contribution in [0.25, 0.3) is 0 Å². The first kappa shape index (κ1) is 14.6. The fourth-order valence-corrected chi connectivity index (χ4v) is 0.956. The van der Waals surface area contributed by atoms with Gasteiger partial charge in [0.05, 0.1) is 6.20 Å². The lowest BCUT2D eigenvalue weighted by Crippen LogP contribution is -2.24. The van der Waals surface area contributed by atoms with Gasteiger partial charge in [0.1, 0.15) is 5.69 Å². The number of aromatic nitrogens is 5. The highest BCUT2D eigenvalue weighted by Gasteiger charge is 2.03. The first-order valence-electron chi connectivity index (χ1n) is 4.82. The van der Waals surface area contributed by atoms with Gasteiger partial charge in [-0.1, -0.05) is 5.21 Å². The predicted molar refractivity (Wildman–Crippen MR) is 62.7 cm³/mol. The molecule has 2 aromatic heterocycles. The molecule has 0 aliphatic heterocycles. The van der Waals surface area contributed by atoms with Crippen LogP contribution in [0.1, 0.15) is 10.5 Å². The van der Waals surface area contributed by atoms with Crippen LogP contribution in [0.3, 0.4) is 0 Å². The summed E-state index contributed by atoms with van der Waals surface area (Å²) in [4.78, 5) is 44.7. The zero-order valence-corrected chi connectivity index (χ0v) is 9.58. The van der Waals surface area contributed by atoms with Gasteiger partial charge in [0, 0.05) is 6.07 Å². The Morgan fingerprint density at radius 1 is 1.20 bits per heavy atom. The molecule has 12 nitrogen and oxygen atoms in total.